The molecule has 1 N–H and O–H groups in total. The van der Waals surface area contributed by atoms with Crippen LogP contribution in [-0.2, 0) is 0 Å². The smallest absolute Gasteiger partial charge is 0.298 e. The van der Waals surface area contributed by atoms with Crippen LogP contribution in [0.15, 0.2) is 27.3 Å². The molecule has 68 valence electrons. The summed E-state index contributed by atoms with van der Waals surface area (Å²) in [7, 11) is 0. The van der Waals surface area contributed by atoms with Gasteiger partial charge in [-0.1, -0.05) is 11.6 Å². The number of nitrogens with one attached hydrogen (secondary N) is 1. The summed E-state index contributed by atoms with van der Waals surface area (Å²) >= 11 is 9.09. The predicted molar refractivity (Wildman–Crippen MR) is 53.2 cm³/mol. The maximum atomic E-state index is 10.5. The molecular weight excluding hydrogens is 214 g/mol. The van der Waals surface area contributed by atoms with Crippen molar-refractivity contribution in [3.8, 4) is 0 Å². The largest absolute Gasteiger partial charge is 0.316 e. The van der Waals surface area contributed by atoms with E-state index in [0.29, 0.717) is 0 Å². The lowest BCUT2D eigenvalue weighted by atomic mass is 10.1. The number of thiol groups is 1. The Morgan fingerprint density at radius 2 is 2.23 bits per heavy atom. The third-order valence-electron chi connectivity index (χ3n) is 1.38. The molecule has 13 heavy (non-hydrogen) atoms. The molecule has 0 bridgehead atoms. The summed E-state index contributed by atoms with van der Waals surface area (Å²) in [5, 5.41) is 17.7. The summed E-state index contributed by atoms with van der Waals surface area (Å²) in [6.45, 7) is 0. The highest BCUT2D eigenvalue weighted by Crippen LogP contribution is 2.19. The first-order chi connectivity index (χ1) is 6.07. The first-order valence-corrected chi connectivity index (χ1v) is 3.89. The van der Waals surface area contributed by atoms with Crippen LogP contribution >= 0.6 is 24.4 Å². The van der Waals surface area contributed by atoms with Gasteiger partial charge in [-0.15, -0.1) is 0 Å². The van der Waals surface area contributed by atoms with Gasteiger partial charge in [-0.2, -0.15) is 0 Å². The zero-order valence-electron chi connectivity index (χ0n) is 6.19. The second kappa shape index (κ2) is 3.71. The molecule has 5 nitrogen and oxygen atoms in total. The first kappa shape index (κ1) is 9.94. The van der Waals surface area contributed by atoms with Crippen molar-refractivity contribution >= 4 is 35.8 Å². The summed E-state index contributed by atoms with van der Waals surface area (Å²) < 4.78 is 3.33. The van der Waals surface area contributed by atoms with Crippen molar-refractivity contribution < 1.29 is 4.92 Å². The van der Waals surface area contributed by atoms with E-state index in [1.807, 2.05) is 0 Å². The normalized spacial score (nSPS) is 19.8. The van der Waals surface area contributed by atoms with Crippen LogP contribution in [0.2, 0.25) is 0 Å². The summed E-state index contributed by atoms with van der Waals surface area (Å²) in [5.41, 5.74) is -0.587. The Kier molecular flexibility index (Phi) is 2.84. The molecule has 1 aliphatic rings. The average Bonchev–Trinajstić information content (AvgIpc) is 2.07. The third-order valence-corrected chi connectivity index (χ3v) is 1.89. The summed E-state index contributed by atoms with van der Waals surface area (Å²) in [5.74, 6) is 0. The van der Waals surface area contributed by atoms with Gasteiger partial charge in [-0.05, 0) is 25.0 Å². The Balaban J connectivity index is 3.31. The molecule has 0 heterocycles. The number of nitro groups is 1. The molecule has 0 aromatic carbocycles. The zero-order chi connectivity index (χ0) is 10.0. The lowest BCUT2D eigenvalue weighted by Gasteiger charge is -2.05. The van der Waals surface area contributed by atoms with Gasteiger partial charge in [0.25, 0.3) is 0 Å². The highest BCUT2D eigenvalue weighted by Gasteiger charge is 2.28. The van der Waals surface area contributed by atoms with Gasteiger partial charge in [0.05, 0.1) is 10.6 Å². The Bertz CT molecular complexity index is 372. The SMILES string of the molecule is N=C1C=CC(Cl)=C([N+](=O)[O-])/C1=N/S. The van der Waals surface area contributed by atoms with Crippen molar-refractivity contribution in [2.24, 2.45) is 4.40 Å². The van der Waals surface area contributed by atoms with Gasteiger partial charge in [0.1, 0.15) is 5.03 Å². The fourth-order valence-corrected chi connectivity index (χ4v) is 1.25. The van der Waals surface area contributed by atoms with Crippen LogP contribution in [0.3, 0.4) is 0 Å². The Labute approximate surface area is 84.0 Å². The van der Waals surface area contributed by atoms with Gasteiger partial charge in [0.2, 0.25) is 0 Å². The van der Waals surface area contributed by atoms with Gasteiger partial charge < -0.3 is 0 Å². The number of halogens is 1. The van der Waals surface area contributed by atoms with E-state index in [-0.39, 0.29) is 22.2 Å². The van der Waals surface area contributed by atoms with Crippen LogP contribution in [0.25, 0.3) is 0 Å². The van der Waals surface area contributed by atoms with Crippen molar-refractivity contribution in [2.45, 2.75) is 0 Å². The van der Waals surface area contributed by atoms with Crippen molar-refractivity contribution in [3.63, 3.8) is 0 Å². The fourth-order valence-electron chi connectivity index (χ4n) is 0.830. The van der Waals surface area contributed by atoms with Gasteiger partial charge in [0, 0.05) is 0 Å². The lowest BCUT2D eigenvalue weighted by molar-refractivity contribution is -0.415. The number of allylic oxidation sites excluding steroid dienone is 4. The lowest BCUT2D eigenvalue weighted by Crippen LogP contribution is -2.22. The Morgan fingerprint density at radius 1 is 1.62 bits per heavy atom. The minimum atomic E-state index is -0.685. The molecule has 0 aromatic rings. The summed E-state index contributed by atoms with van der Waals surface area (Å²) in [6, 6.07) is 0. The molecule has 0 fully saturated rings. The Hall–Kier alpha value is -1.14. The molecular formula is C6H4ClN3O2S. The fraction of sp³-hybridized carbons (Fsp3) is 0. The molecule has 1 rings (SSSR count). The van der Waals surface area contributed by atoms with Crippen LogP contribution in [0.5, 0.6) is 0 Å². The highest BCUT2D eigenvalue weighted by atomic mass is 35.5. The van der Waals surface area contributed by atoms with Crippen molar-refractivity contribution in [1.29, 1.82) is 5.41 Å². The predicted octanol–water partition coefficient (Wildman–Crippen LogP) is 1.59. The number of rotatable bonds is 1. The molecule has 0 saturated carbocycles. The van der Waals surface area contributed by atoms with E-state index in [1.54, 1.807) is 0 Å². The standard InChI is InChI=1S/C6H4ClN3O2S/c7-3-1-2-4(8)5(9-13)6(3)10(11)12/h1-2,8,13H/b8-4?,9-5+. The monoisotopic (exact) mass is 217 g/mol. The zero-order valence-corrected chi connectivity index (χ0v) is 7.84. The van der Waals surface area contributed by atoms with Crippen LogP contribution in [0.4, 0.5) is 0 Å². The number of hydrogen-bond acceptors (Lipinski definition) is 5. The Morgan fingerprint density at radius 3 is 2.62 bits per heavy atom. The highest BCUT2D eigenvalue weighted by molar-refractivity contribution is 7.79. The van der Waals surface area contributed by atoms with Gasteiger partial charge in [0.15, 0.2) is 5.71 Å². The molecule has 0 spiro atoms. The van der Waals surface area contributed by atoms with Crippen molar-refractivity contribution in [2.75, 3.05) is 0 Å². The van der Waals surface area contributed by atoms with Crippen LogP contribution in [0, 0.1) is 15.5 Å². The van der Waals surface area contributed by atoms with Crippen LogP contribution in [-0.4, -0.2) is 16.3 Å². The van der Waals surface area contributed by atoms with Crippen molar-refractivity contribution in [3.05, 3.63) is 33.0 Å². The number of nitrogens with zero attached hydrogens (tertiary/aromatic N) is 2. The third kappa shape index (κ3) is 1.78. The molecule has 0 radical (unpaired) electrons. The molecule has 7 heteroatoms. The van der Waals surface area contributed by atoms with E-state index < -0.39 is 4.92 Å². The summed E-state index contributed by atoms with van der Waals surface area (Å²) in [6.07, 6.45) is 2.61. The molecule has 0 saturated heterocycles. The first-order valence-electron chi connectivity index (χ1n) is 3.11. The van der Waals surface area contributed by atoms with E-state index in [2.05, 4.69) is 17.2 Å². The second-order valence-electron chi connectivity index (χ2n) is 2.15. The van der Waals surface area contributed by atoms with E-state index in [0.717, 1.165) is 0 Å². The number of hydrogen-bond donors (Lipinski definition) is 2. The van der Waals surface area contributed by atoms with Gasteiger partial charge in [-0.3, -0.25) is 15.5 Å². The van der Waals surface area contributed by atoms with E-state index in [4.69, 9.17) is 17.0 Å². The van der Waals surface area contributed by atoms with Crippen LogP contribution in [0.1, 0.15) is 0 Å². The molecule has 1 aliphatic carbocycles. The molecule has 0 amide bonds. The molecule has 0 unspecified atom stereocenters. The average molecular weight is 218 g/mol. The topological polar surface area (TPSA) is 79.3 Å². The van der Waals surface area contributed by atoms with E-state index >= 15 is 0 Å². The minimum absolute atomic E-state index is 0.0474. The van der Waals surface area contributed by atoms with Crippen molar-refractivity contribution in [1.82, 2.24) is 0 Å². The second-order valence-corrected chi connectivity index (χ2v) is 2.76. The maximum absolute atomic E-state index is 10.5. The molecule has 0 atom stereocenters. The minimum Gasteiger partial charge on any atom is -0.298 e. The molecule has 0 aliphatic heterocycles. The summed E-state index contributed by atoms with van der Waals surface area (Å²) in [4.78, 5) is 9.81. The quantitative estimate of drug-likeness (QED) is 0.303. The van der Waals surface area contributed by atoms with E-state index in [9.17, 15) is 10.1 Å². The van der Waals surface area contributed by atoms with Crippen LogP contribution < -0.4 is 0 Å². The maximum Gasteiger partial charge on any atom is 0.316 e. The van der Waals surface area contributed by atoms with E-state index in [1.165, 1.54) is 12.2 Å². The van der Waals surface area contributed by atoms with Gasteiger partial charge >= 0.3 is 5.70 Å². The van der Waals surface area contributed by atoms with Gasteiger partial charge in [-0.25, -0.2) is 4.40 Å². The molecule has 0 aromatic heterocycles.